The lowest BCUT2D eigenvalue weighted by atomic mass is 10.4. The minimum absolute atomic E-state index is 0.0837. The first-order valence-electron chi connectivity index (χ1n) is 3.33. The lowest BCUT2D eigenvalue weighted by Gasteiger charge is -2.19. The second kappa shape index (κ2) is 3.71. The predicted molar refractivity (Wildman–Crippen MR) is 57.7 cm³/mol. The van der Waals surface area contributed by atoms with Crippen LogP contribution in [-0.4, -0.2) is 25.6 Å². The fraction of sp³-hybridized carbons (Fsp3) is 0.833. The summed E-state index contributed by atoms with van der Waals surface area (Å²) < 4.78 is 11.7. The molecule has 0 atom stereocenters. The fourth-order valence-electron chi connectivity index (χ4n) is 1.09. The first kappa shape index (κ1) is 9.94. The number of halogens is 3. The molecule has 0 aromatic heterocycles. The van der Waals surface area contributed by atoms with E-state index < -0.39 is 1.68 Å². The van der Waals surface area contributed by atoms with Gasteiger partial charge in [0.1, 0.15) is 0 Å². The molecule has 1 aliphatic heterocycles. The highest BCUT2D eigenvalue weighted by atomic mass is 127. The molecule has 0 saturated carbocycles. The number of carbonyl (C=O) groups is 1. The van der Waals surface area contributed by atoms with E-state index in [-0.39, 0.29) is 12.5 Å². The Bertz CT molecular complexity index is 168. The monoisotopic (exact) mass is 383 g/mol. The van der Waals surface area contributed by atoms with Crippen molar-refractivity contribution in [2.24, 2.45) is 0 Å². The maximum atomic E-state index is 13.0. The van der Waals surface area contributed by atoms with Gasteiger partial charge in [-0.15, -0.1) is 0 Å². The summed E-state index contributed by atoms with van der Waals surface area (Å²) in [5.41, 5.74) is 0. The molecule has 1 fully saturated rings. The molecule has 1 heterocycles. The molecular weight excluding hydrogens is 375 g/mol. The number of hydrogen-bond donors (Lipinski definition) is 0. The number of alkyl halides is 3. The van der Waals surface area contributed by atoms with Crippen molar-refractivity contribution in [2.75, 3.05) is 13.1 Å². The van der Waals surface area contributed by atoms with Gasteiger partial charge in [-0.05, 0) is 51.6 Å². The summed E-state index contributed by atoms with van der Waals surface area (Å²) in [5, 5.41) is 0. The van der Waals surface area contributed by atoms with Crippen molar-refractivity contribution in [1.82, 2.24) is 4.90 Å². The van der Waals surface area contributed by atoms with Gasteiger partial charge >= 0.3 is 0 Å². The number of carbonyl (C=O) groups excluding carboxylic acids is 1. The van der Waals surface area contributed by atoms with Crippen LogP contribution in [0.1, 0.15) is 12.8 Å². The highest BCUT2D eigenvalue weighted by Crippen LogP contribution is 2.31. The molecule has 0 aromatic rings. The summed E-state index contributed by atoms with van der Waals surface area (Å²) in [7, 11) is 0. The van der Waals surface area contributed by atoms with Crippen LogP contribution in [0.25, 0.3) is 0 Å². The van der Waals surface area contributed by atoms with E-state index in [1.807, 2.05) is 0 Å². The standard InChI is InChI=1S/C6H8FI2NO/c7-6(8,9)4-10-3-1-2-5(10)11/h1-4H2. The van der Waals surface area contributed by atoms with Crippen LogP contribution in [0.2, 0.25) is 0 Å². The Morgan fingerprint density at radius 3 is 2.64 bits per heavy atom. The van der Waals surface area contributed by atoms with E-state index >= 15 is 0 Å². The number of amides is 1. The third-order valence-corrected chi connectivity index (χ3v) is 2.22. The Hall–Kier alpha value is 0.860. The first-order chi connectivity index (χ1) is 4.99. The van der Waals surface area contributed by atoms with Gasteiger partial charge in [0.25, 0.3) is 0 Å². The molecule has 5 heteroatoms. The quantitative estimate of drug-likeness (QED) is 0.529. The normalized spacial score (nSPS) is 19.5. The predicted octanol–water partition coefficient (Wildman–Crippen LogP) is 2.10. The molecule has 1 rings (SSSR count). The summed E-state index contributed by atoms with van der Waals surface area (Å²) in [6.07, 6.45) is 1.46. The van der Waals surface area contributed by atoms with E-state index in [2.05, 4.69) is 0 Å². The second-order valence-corrected chi connectivity index (χ2v) is 8.02. The summed E-state index contributed by atoms with van der Waals surface area (Å²) in [6.45, 7) is 0.934. The van der Waals surface area contributed by atoms with Crippen molar-refractivity contribution in [3.63, 3.8) is 0 Å². The highest BCUT2D eigenvalue weighted by Gasteiger charge is 2.29. The smallest absolute Gasteiger partial charge is 0.227 e. The minimum atomic E-state index is -1.31. The average Bonchev–Trinajstić information content (AvgIpc) is 2.12. The maximum absolute atomic E-state index is 13.0. The van der Waals surface area contributed by atoms with Crippen LogP contribution in [0, 0.1) is 0 Å². The van der Waals surface area contributed by atoms with Crippen molar-refractivity contribution >= 4 is 51.1 Å². The summed E-state index contributed by atoms with van der Waals surface area (Å²) >= 11 is 3.40. The molecule has 0 aromatic carbocycles. The van der Waals surface area contributed by atoms with E-state index in [1.54, 1.807) is 50.1 Å². The van der Waals surface area contributed by atoms with Crippen LogP contribution in [-0.2, 0) is 4.79 Å². The zero-order chi connectivity index (χ0) is 8.48. The largest absolute Gasteiger partial charge is 0.338 e. The summed E-state index contributed by atoms with van der Waals surface area (Å²) in [6, 6.07) is 0. The average molecular weight is 383 g/mol. The molecular formula is C6H8FI2NO. The molecule has 1 amide bonds. The molecule has 0 unspecified atom stereocenters. The lowest BCUT2D eigenvalue weighted by Crippen LogP contribution is -2.33. The number of hydrogen-bond acceptors (Lipinski definition) is 1. The van der Waals surface area contributed by atoms with Crippen LogP contribution < -0.4 is 0 Å². The van der Waals surface area contributed by atoms with Crippen LogP contribution in [0.4, 0.5) is 4.39 Å². The van der Waals surface area contributed by atoms with Gasteiger partial charge in [-0.25, -0.2) is 4.39 Å². The SMILES string of the molecule is O=C1CCCN1CC(F)(I)I. The second-order valence-electron chi connectivity index (χ2n) is 2.53. The van der Waals surface area contributed by atoms with Crippen molar-refractivity contribution in [1.29, 1.82) is 0 Å². The molecule has 1 aliphatic rings. The highest BCUT2D eigenvalue weighted by molar-refractivity contribution is 14.2. The maximum Gasteiger partial charge on any atom is 0.227 e. The molecule has 0 spiro atoms. The Balaban J connectivity index is 2.43. The van der Waals surface area contributed by atoms with Gasteiger partial charge in [0.2, 0.25) is 7.59 Å². The molecule has 1 saturated heterocycles. The van der Waals surface area contributed by atoms with Crippen LogP contribution in [0.3, 0.4) is 0 Å². The van der Waals surface area contributed by atoms with Gasteiger partial charge in [0, 0.05) is 13.0 Å². The van der Waals surface area contributed by atoms with Gasteiger partial charge in [-0.3, -0.25) is 4.79 Å². The summed E-state index contributed by atoms with van der Waals surface area (Å²) in [5.74, 6) is 0.0837. The van der Waals surface area contributed by atoms with Crippen molar-refractivity contribution < 1.29 is 9.18 Å². The Morgan fingerprint density at radius 2 is 2.27 bits per heavy atom. The van der Waals surface area contributed by atoms with Crippen molar-refractivity contribution in [3.8, 4) is 0 Å². The Labute approximate surface area is 92.2 Å². The van der Waals surface area contributed by atoms with Crippen molar-refractivity contribution in [3.05, 3.63) is 0 Å². The molecule has 0 bridgehead atoms. The molecule has 11 heavy (non-hydrogen) atoms. The number of rotatable bonds is 2. The lowest BCUT2D eigenvalue weighted by molar-refractivity contribution is -0.128. The van der Waals surface area contributed by atoms with E-state index in [0.29, 0.717) is 6.42 Å². The van der Waals surface area contributed by atoms with Crippen LogP contribution in [0.5, 0.6) is 0 Å². The zero-order valence-electron chi connectivity index (χ0n) is 5.82. The van der Waals surface area contributed by atoms with Gasteiger partial charge in [-0.1, -0.05) is 0 Å². The first-order valence-corrected chi connectivity index (χ1v) is 5.49. The Morgan fingerprint density at radius 1 is 1.64 bits per heavy atom. The van der Waals surface area contributed by atoms with Gasteiger partial charge in [-0.2, -0.15) is 0 Å². The minimum Gasteiger partial charge on any atom is -0.338 e. The van der Waals surface area contributed by atoms with Crippen molar-refractivity contribution in [2.45, 2.75) is 14.5 Å². The molecule has 0 N–H and O–H groups in total. The Kier molecular flexibility index (Phi) is 3.36. The van der Waals surface area contributed by atoms with E-state index in [9.17, 15) is 9.18 Å². The molecule has 64 valence electrons. The van der Waals surface area contributed by atoms with Gasteiger partial charge < -0.3 is 4.90 Å². The van der Waals surface area contributed by atoms with Crippen LogP contribution >= 0.6 is 45.2 Å². The number of likely N-dealkylation sites (tertiary alicyclic amines) is 1. The number of nitrogens with zero attached hydrogens (tertiary/aromatic N) is 1. The third-order valence-electron chi connectivity index (χ3n) is 1.54. The topological polar surface area (TPSA) is 20.3 Å². The van der Waals surface area contributed by atoms with Gasteiger partial charge in [0.05, 0.1) is 6.54 Å². The zero-order valence-corrected chi connectivity index (χ0v) is 10.1. The summed E-state index contributed by atoms with van der Waals surface area (Å²) in [4.78, 5) is 12.6. The van der Waals surface area contributed by atoms with E-state index in [0.717, 1.165) is 13.0 Å². The van der Waals surface area contributed by atoms with Crippen LogP contribution in [0.15, 0.2) is 0 Å². The van der Waals surface area contributed by atoms with Gasteiger partial charge in [0.15, 0.2) is 0 Å². The third kappa shape index (κ3) is 3.39. The molecule has 0 aliphatic carbocycles. The molecule has 2 nitrogen and oxygen atoms in total. The fourth-order valence-corrected chi connectivity index (χ4v) is 1.91. The van der Waals surface area contributed by atoms with E-state index in [4.69, 9.17) is 0 Å². The van der Waals surface area contributed by atoms with E-state index in [1.165, 1.54) is 0 Å². The molecule has 0 radical (unpaired) electrons.